The fourth-order valence-electron chi connectivity index (χ4n) is 2.44. The van der Waals surface area contributed by atoms with E-state index in [1.165, 1.54) is 0 Å². The standard InChI is InChI=1S/C19H19N3O3/c1-13-21-22-19(25-13)16-9-7-15(8-10-16)18(24)20-12-11-17(23)14-5-3-2-4-6-14/h2-10,17,23H,11-12H2,1H3,(H,20,24). The monoisotopic (exact) mass is 337 g/mol. The zero-order valence-corrected chi connectivity index (χ0v) is 13.8. The minimum atomic E-state index is -0.593. The Morgan fingerprint density at radius 3 is 2.48 bits per heavy atom. The van der Waals surface area contributed by atoms with E-state index in [0.717, 1.165) is 11.1 Å². The maximum atomic E-state index is 12.2. The average Bonchev–Trinajstić information content (AvgIpc) is 3.09. The summed E-state index contributed by atoms with van der Waals surface area (Å²) >= 11 is 0. The third-order valence-electron chi connectivity index (χ3n) is 3.81. The number of carbonyl (C=O) groups is 1. The second-order valence-corrected chi connectivity index (χ2v) is 5.67. The zero-order valence-electron chi connectivity index (χ0n) is 13.8. The second kappa shape index (κ2) is 7.72. The maximum absolute atomic E-state index is 12.2. The van der Waals surface area contributed by atoms with Crippen LogP contribution in [-0.2, 0) is 0 Å². The van der Waals surface area contributed by atoms with Crippen molar-refractivity contribution in [2.45, 2.75) is 19.4 Å². The number of aliphatic hydroxyl groups excluding tert-OH is 1. The van der Waals surface area contributed by atoms with Gasteiger partial charge in [0, 0.05) is 24.6 Å². The van der Waals surface area contributed by atoms with Crippen LogP contribution < -0.4 is 5.32 Å². The van der Waals surface area contributed by atoms with Crippen molar-refractivity contribution < 1.29 is 14.3 Å². The molecule has 0 aliphatic carbocycles. The lowest BCUT2D eigenvalue weighted by Crippen LogP contribution is -2.25. The molecule has 2 N–H and O–H groups in total. The summed E-state index contributed by atoms with van der Waals surface area (Å²) in [4.78, 5) is 12.2. The van der Waals surface area contributed by atoms with Crippen molar-refractivity contribution in [1.82, 2.24) is 15.5 Å². The zero-order chi connectivity index (χ0) is 17.6. The van der Waals surface area contributed by atoms with Crippen LogP contribution in [0.1, 0.15) is 34.3 Å². The molecule has 2 aromatic carbocycles. The van der Waals surface area contributed by atoms with Gasteiger partial charge in [-0.05, 0) is 36.2 Å². The quantitative estimate of drug-likeness (QED) is 0.722. The van der Waals surface area contributed by atoms with Gasteiger partial charge in [0.1, 0.15) is 0 Å². The van der Waals surface area contributed by atoms with Crippen molar-refractivity contribution in [3.8, 4) is 11.5 Å². The Labute approximate surface area is 145 Å². The van der Waals surface area contributed by atoms with Crippen LogP contribution in [-0.4, -0.2) is 27.8 Å². The van der Waals surface area contributed by atoms with E-state index < -0.39 is 6.10 Å². The number of carbonyl (C=O) groups excluding carboxylic acids is 1. The molecule has 0 spiro atoms. The molecule has 6 heteroatoms. The minimum absolute atomic E-state index is 0.187. The molecule has 128 valence electrons. The highest BCUT2D eigenvalue weighted by molar-refractivity contribution is 5.94. The topological polar surface area (TPSA) is 88.2 Å². The van der Waals surface area contributed by atoms with Crippen LogP contribution in [0.4, 0.5) is 0 Å². The molecule has 3 rings (SSSR count). The molecular weight excluding hydrogens is 318 g/mol. The summed E-state index contributed by atoms with van der Waals surface area (Å²) in [6.07, 6.45) is -0.139. The minimum Gasteiger partial charge on any atom is -0.421 e. The Morgan fingerprint density at radius 1 is 1.12 bits per heavy atom. The van der Waals surface area contributed by atoms with E-state index in [-0.39, 0.29) is 5.91 Å². The molecule has 0 aliphatic heterocycles. The SMILES string of the molecule is Cc1nnc(-c2ccc(C(=O)NCCC(O)c3ccccc3)cc2)o1. The Hall–Kier alpha value is -2.99. The summed E-state index contributed by atoms with van der Waals surface area (Å²) in [6.45, 7) is 2.11. The summed E-state index contributed by atoms with van der Waals surface area (Å²) in [7, 11) is 0. The van der Waals surface area contributed by atoms with Crippen molar-refractivity contribution in [2.75, 3.05) is 6.54 Å². The highest BCUT2D eigenvalue weighted by Crippen LogP contribution is 2.18. The van der Waals surface area contributed by atoms with E-state index >= 15 is 0 Å². The molecule has 0 bridgehead atoms. The molecule has 1 atom stereocenters. The lowest BCUT2D eigenvalue weighted by Gasteiger charge is -2.11. The third kappa shape index (κ3) is 4.30. The first kappa shape index (κ1) is 16.9. The molecule has 1 heterocycles. The van der Waals surface area contributed by atoms with Gasteiger partial charge in [-0.2, -0.15) is 0 Å². The van der Waals surface area contributed by atoms with E-state index in [0.29, 0.717) is 30.3 Å². The number of aliphatic hydroxyl groups is 1. The smallest absolute Gasteiger partial charge is 0.251 e. The molecule has 1 amide bonds. The molecule has 1 aromatic heterocycles. The van der Waals surface area contributed by atoms with Gasteiger partial charge in [-0.1, -0.05) is 30.3 Å². The molecule has 0 fully saturated rings. The molecule has 3 aromatic rings. The molecule has 0 radical (unpaired) electrons. The van der Waals surface area contributed by atoms with E-state index in [1.54, 1.807) is 31.2 Å². The van der Waals surface area contributed by atoms with Crippen molar-refractivity contribution in [3.05, 3.63) is 71.6 Å². The van der Waals surface area contributed by atoms with Crippen molar-refractivity contribution >= 4 is 5.91 Å². The summed E-state index contributed by atoms with van der Waals surface area (Å²) in [5.74, 6) is 0.734. The predicted molar refractivity (Wildman–Crippen MR) is 92.8 cm³/mol. The highest BCUT2D eigenvalue weighted by atomic mass is 16.4. The normalized spacial score (nSPS) is 11.9. The largest absolute Gasteiger partial charge is 0.421 e. The fourth-order valence-corrected chi connectivity index (χ4v) is 2.44. The Bertz CT molecular complexity index is 829. The summed E-state index contributed by atoms with van der Waals surface area (Å²) in [5, 5.41) is 20.6. The molecule has 0 saturated heterocycles. The van der Waals surface area contributed by atoms with Gasteiger partial charge in [-0.15, -0.1) is 10.2 Å². The molecule has 1 unspecified atom stereocenters. The van der Waals surface area contributed by atoms with E-state index in [4.69, 9.17) is 4.42 Å². The van der Waals surface area contributed by atoms with Gasteiger partial charge < -0.3 is 14.8 Å². The van der Waals surface area contributed by atoms with Gasteiger partial charge in [0.05, 0.1) is 6.10 Å². The number of hydrogen-bond acceptors (Lipinski definition) is 5. The number of hydrogen-bond donors (Lipinski definition) is 2. The van der Waals surface area contributed by atoms with Crippen LogP contribution in [0.15, 0.2) is 59.0 Å². The van der Waals surface area contributed by atoms with E-state index in [1.807, 2.05) is 30.3 Å². The van der Waals surface area contributed by atoms with E-state index in [9.17, 15) is 9.90 Å². The lowest BCUT2D eigenvalue weighted by molar-refractivity contribution is 0.0942. The van der Waals surface area contributed by atoms with Crippen LogP contribution in [0.25, 0.3) is 11.5 Å². The third-order valence-corrected chi connectivity index (χ3v) is 3.81. The Morgan fingerprint density at radius 2 is 1.84 bits per heavy atom. The average molecular weight is 337 g/mol. The Balaban J connectivity index is 1.53. The molecule has 6 nitrogen and oxygen atoms in total. The van der Waals surface area contributed by atoms with Crippen LogP contribution >= 0.6 is 0 Å². The number of benzene rings is 2. The number of nitrogens with one attached hydrogen (secondary N) is 1. The van der Waals surface area contributed by atoms with Crippen molar-refractivity contribution in [3.63, 3.8) is 0 Å². The molecule has 0 aliphatic rings. The molecular formula is C19H19N3O3. The Kier molecular flexibility index (Phi) is 5.20. The van der Waals surface area contributed by atoms with Crippen LogP contribution in [0, 0.1) is 6.92 Å². The maximum Gasteiger partial charge on any atom is 0.251 e. The van der Waals surface area contributed by atoms with Crippen molar-refractivity contribution in [2.24, 2.45) is 0 Å². The van der Waals surface area contributed by atoms with Gasteiger partial charge in [0.15, 0.2) is 0 Å². The highest BCUT2D eigenvalue weighted by Gasteiger charge is 2.11. The predicted octanol–water partition coefficient (Wildman–Crippen LogP) is 2.90. The van der Waals surface area contributed by atoms with Gasteiger partial charge in [0.25, 0.3) is 5.91 Å². The van der Waals surface area contributed by atoms with Crippen LogP contribution in [0.2, 0.25) is 0 Å². The van der Waals surface area contributed by atoms with Gasteiger partial charge >= 0.3 is 0 Å². The first-order valence-electron chi connectivity index (χ1n) is 8.05. The number of aromatic nitrogens is 2. The first-order valence-corrected chi connectivity index (χ1v) is 8.05. The fraction of sp³-hybridized carbons (Fsp3) is 0.211. The van der Waals surface area contributed by atoms with Crippen LogP contribution in [0.3, 0.4) is 0 Å². The lowest BCUT2D eigenvalue weighted by atomic mass is 10.1. The summed E-state index contributed by atoms with van der Waals surface area (Å²) in [6, 6.07) is 16.3. The van der Waals surface area contributed by atoms with Gasteiger partial charge in [0.2, 0.25) is 11.8 Å². The second-order valence-electron chi connectivity index (χ2n) is 5.67. The summed E-state index contributed by atoms with van der Waals surface area (Å²) in [5.41, 5.74) is 2.14. The van der Waals surface area contributed by atoms with Gasteiger partial charge in [-0.25, -0.2) is 0 Å². The first-order chi connectivity index (χ1) is 12.1. The molecule has 25 heavy (non-hydrogen) atoms. The van der Waals surface area contributed by atoms with E-state index in [2.05, 4.69) is 15.5 Å². The van der Waals surface area contributed by atoms with Crippen LogP contribution in [0.5, 0.6) is 0 Å². The number of nitrogens with zero attached hydrogens (tertiary/aromatic N) is 2. The summed E-state index contributed by atoms with van der Waals surface area (Å²) < 4.78 is 5.35. The number of amides is 1. The number of rotatable bonds is 6. The van der Waals surface area contributed by atoms with Gasteiger partial charge in [-0.3, -0.25) is 4.79 Å². The number of aryl methyl sites for hydroxylation is 1. The van der Waals surface area contributed by atoms with Crippen molar-refractivity contribution in [1.29, 1.82) is 0 Å². The molecule has 0 saturated carbocycles.